The molecule has 3 rings (SSSR count). The van der Waals surface area contributed by atoms with Crippen molar-refractivity contribution in [2.75, 3.05) is 18.5 Å². The van der Waals surface area contributed by atoms with Crippen LogP contribution >= 0.6 is 11.3 Å². The van der Waals surface area contributed by atoms with Crippen molar-refractivity contribution in [3.8, 4) is 0 Å². The van der Waals surface area contributed by atoms with Crippen molar-refractivity contribution in [2.45, 2.75) is 32.7 Å². The second-order valence-corrected chi connectivity index (χ2v) is 8.26. The van der Waals surface area contributed by atoms with Crippen molar-refractivity contribution in [3.05, 3.63) is 51.9 Å². The smallest absolute Gasteiger partial charge is 0.329 e. The van der Waals surface area contributed by atoms with Crippen LogP contribution in [0.1, 0.15) is 39.7 Å². The van der Waals surface area contributed by atoms with E-state index < -0.39 is 18.5 Å². The number of amides is 2. The first-order valence-corrected chi connectivity index (χ1v) is 10.3. The zero-order valence-electron chi connectivity index (χ0n) is 16.2. The zero-order chi connectivity index (χ0) is 20.8. The average Bonchev–Trinajstić information content (AvgIpc) is 3.03. The third-order valence-electron chi connectivity index (χ3n) is 4.75. The van der Waals surface area contributed by atoms with Gasteiger partial charge in [0.2, 0.25) is 0 Å². The molecule has 1 heterocycles. The molecule has 0 saturated carbocycles. The Morgan fingerprint density at radius 3 is 2.69 bits per heavy atom. The lowest BCUT2D eigenvalue weighted by molar-refractivity contribution is -0.143. The number of anilines is 1. The van der Waals surface area contributed by atoms with Gasteiger partial charge in [0.05, 0.1) is 5.56 Å². The Hall–Kier alpha value is -2.71. The van der Waals surface area contributed by atoms with E-state index in [0.29, 0.717) is 23.0 Å². The van der Waals surface area contributed by atoms with Crippen LogP contribution in [0.15, 0.2) is 30.3 Å². The van der Waals surface area contributed by atoms with Crippen molar-refractivity contribution in [3.63, 3.8) is 0 Å². The quantitative estimate of drug-likeness (QED) is 0.614. The molecule has 8 heteroatoms. The standard InChI is InChI=1S/C21H24N2O5S/c1-13-7-8-15-16(9-13)29-21(23-17(24)11-28-12-18(25)26)19(15)20(27)22-10-14-5-3-2-4-6-14/h2-6,13H,7-12H2,1H3,(H,22,27)(H,23,24)(H,25,26)/t13-/m0/s1. The van der Waals surface area contributed by atoms with Crippen LogP contribution in [0.5, 0.6) is 0 Å². The molecular weight excluding hydrogens is 392 g/mol. The number of carboxylic acid groups (broad SMARTS) is 1. The molecule has 2 amide bonds. The van der Waals surface area contributed by atoms with E-state index in [9.17, 15) is 14.4 Å². The molecule has 7 nitrogen and oxygen atoms in total. The molecule has 0 saturated heterocycles. The fourth-order valence-corrected chi connectivity index (χ4v) is 4.76. The van der Waals surface area contributed by atoms with Gasteiger partial charge in [0.1, 0.15) is 18.2 Å². The Kier molecular flexibility index (Phi) is 7.00. The molecule has 2 aromatic rings. The SMILES string of the molecule is C[C@H]1CCc2c(sc(NC(=O)COCC(=O)O)c2C(=O)NCc2ccccc2)C1. The molecule has 154 valence electrons. The summed E-state index contributed by atoms with van der Waals surface area (Å²) in [6, 6.07) is 9.62. The predicted molar refractivity (Wildman–Crippen MR) is 110 cm³/mol. The highest BCUT2D eigenvalue weighted by atomic mass is 32.1. The summed E-state index contributed by atoms with van der Waals surface area (Å²) < 4.78 is 4.85. The van der Waals surface area contributed by atoms with Crippen LogP contribution in [0.2, 0.25) is 0 Å². The van der Waals surface area contributed by atoms with E-state index in [4.69, 9.17) is 9.84 Å². The second-order valence-electron chi connectivity index (χ2n) is 7.16. The first-order chi connectivity index (χ1) is 13.9. The highest BCUT2D eigenvalue weighted by Crippen LogP contribution is 2.39. The number of fused-ring (bicyclic) bond motifs is 1. The fraction of sp³-hybridized carbons (Fsp3) is 0.381. The second kappa shape index (κ2) is 9.67. The molecule has 0 aliphatic heterocycles. The molecule has 0 bridgehead atoms. The summed E-state index contributed by atoms with van der Waals surface area (Å²) in [6.45, 7) is 1.65. The van der Waals surface area contributed by atoms with Gasteiger partial charge in [-0.1, -0.05) is 37.3 Å². The Bertz CT molecular complexity index is 894. The topological polar surface area (TPSA) is 105 Å². The number of hydrogen-bond acceptors (Lipinski definition) is 5. The number of hydrogen-bond donors (Lipinski definition) is 3. The van der Waals surface area contributed by atoms with Gasteiger partial charge in [0.15, 0.2) is 0 Å². The number of carbonyl (C=O) groups is 3. The number of carbonyl (C=O) groups excluding carboxylic acids is 2. The first-order valence-electron chi connectivity index (χ1n) is 9.50. The van der Waals surface area contributed by atoms with E-state index in [1.807, 2.05) is 30.3 Å². The number of nitrogens with one attached hydrogen (secondary N) is 2. The van der Waals surface area contributed by atoms with E-state index in [-0.39, 0.29) is 12.5 Å². The highest BCUT2D eigenvalue weighted by Gasteiger charge is 2.28. The van der Waals surface area contributed by atoms with Gasteiger partial charge >= 0.3 is 5.97 Å². The van der Waals surface area contributed by atoms with Gasteiger partial charge in [-0.05, 0) is 36.3 Å². The third kappa shape index (κ3) is 5.65. The molecule has 1 aliphatic carbocycles. The van der Waals surface area contributed by atoms with E-state index >= 15 is 0 Å². The molecule has 3 N–H and O–H groups in total. The van der Waals surface area contributed by atoms with Crippen molar-refractivity contribution in [1.29, 1.82) is 0 Å². The molecular formula is C21H24N2O5S. The summed E-state index contributed by atoms with van der Waals surface area (Å²) in [5.74, 6) is -1.30. The summed E-state index contributed by atoms with van der Waals surface area (Å²) in [4.78, 5) is 36.8. The van der Waals surface area contributed by atoms with Gasteiger partial charge in [-0.2, -0.15) is 0 Å². The van der Waals surface area contributed by atoms with Crippen LogP contribution in [-0.4, -0.2) is 36.1 Å². The first kappa shape index (κ1) is 21.0. The molecule has 0 fully saturated rings. The number of carboxylic acids is 1. The van der Waals surface area contributed by atoms with Gasteiger partial charge in [-0.25, -0.2) is 4.79 Å². The normalized spacial score (nSPS) is 15.4. The minimum absolute atomic E-state index is 0.220. The van der Waals surface area contributed by atoms with Crippen molar-refractivity contribution in [2.24, 2.45) is 5.92 Å². The molecule has 1 aromatic heterocycles. The Balaban J connectivity index is 1.75. The van der Waals surface area contributed by atoms with Crippen LogP contribution in [-0.2, 0) is 33.7 Å². The number of aliphatic carboxylic acids is 1. The highest BCUT2D eigenvalue weighted by molar-refractivity contribution is 7.17. The number of ether oxygens (including phenoxy) is 1. The molecule has 0 radical (unpaired) electrons. The molecule has 0 spiro atoms. The van der Waals surface area contributed by atoms with Crippen LogP contribution in [0.3, 0.4) is 0 Å². The van der Waals surface area contributed by atoms with Gasteiger partial charge in [-0.3, -0.25) is 9.59 Å². The Labute approximate surface area is 173 Å². The van der Waals surface area contributed by atoms with Crippen molar-refractivity contribution >= 4 is 34.1 Å². The van der Waals surface area contributed by atoms with E-state index in [1.165, 1.54) is 11.3 Å². The van der Waals surface area contributed by atoms with Gasteiger partial charge in [0.25, 0.3) is 11.8 Å². The summed E-state index contributed by atoms with van der Waals surface area (Å²) in [5.41, 5.74) is 2.51. The summed E-state index contributed by atoms with van der Waals surface area (Å²) in [7, 11) is 0. The fourth-order valence-electron chi connectivity index (χ4n) is 3.34. The van der Waals surface area contributed by atoms with Crippen LogP contribution in [0, 0.1) is 5.92 Å². The molecule has 1 aliphatic rings. The minimum atomic E-state index is -1.14. The molecule has 0 unspecified atom stereocenters. The largest absolute Gasteiger partial charge is 0.480 e. The van der Waals surface area contributed by atoms with E-state index in [1.54, 1.807) is 0 Å². The van der Waals surface area contributed by atoms with Gasteiger partial charge < -0.3 is 20.5 Å². The van der Waals surface area contributed by atoms with Crippen molar-refractivity contribution in [1.82, 2.24) is 5.32 Å². The Morgan fingerprint density at radius 1 is 1.21 bits per heavy atom. The molecule has 1 aromatic carbocycles. The lowest BCUT2D eigenvalue weighted by Crippen LogP contribution is -2.26. The van der Waals surface area contributed by atoms with Crippen molar-refractivity contribution < 1.29 is 24.2 Å². The maximum Gasteiger partial charge on any atom is 0.329 e. The predicted octanol–water partition coefficient (Wildman–Crippen LogP) is 2.84. The average molecular weight is 416 g/mol. The summed E-state index contributed by atoms with van der Waals surface area (Å²) >= 11 is 1.42. The van der Waals surface area contributed by atoms with Crippen LogP contribution in [0.25, 0.3) is 0 Å². The maximum absolute atomic E-state index is 13.0. The summed E-state index contributed by atoms with van der Waals surface area (Å²) in [6.07, 6.45) is 2.68. The number of benzene rings is 1. The van der Waals surface area contributed by atoms with Crippen LogP contribution < -0.4 is 10.6 Å². The lowest BCUT2D eigenvalue weighted by Gasteiger charge is -2.18. The van der Waals surface area contributed by atoms with Crippen LogP contribution in [0.4, 0.5) is 5.00 Å². The molecule has 29 heavy (non-hydrogen) atoms. The maximum atomic E-state index is 13.0. The number of rotatable bonds is 8. The van der Waals surface area contributed by atoms with Gasteiger partial charge in [-0.15, -0.1) is 11.3 Å². The minimum Gasteiger partial charge on any atom is -0.480 e. The lowest BCUT2D eigenvalue weighted by atomic mass is 9.88. The number of thiophene rings is 1. The third-order valence-corrected chi connectivity index (χ3v) is 5.92. The van der Waals surface area contributed by atoms with E-state index in [2.05, 4.69) is 17.6 Å². The zero-order valence-corrected chi connectivity index (χ0v) is 17.0. The van der Waals surface area contributed by atoms with E-state index in [0.717, 1.165) is 35.3 Å². The Morgan fingerprint density at radius 2 is 1.97 bits per heavy atom. The van der Waals surface area contributed by atoms with Gasteiger partial charge in [0, 0.05) is 11.4 Å². The monoisotopic (exact) mass is 416 g/mol. The summed E-state index contributed by atoms with van der Waals surface area (Å²) in [5, 5.41) is 14.8. The molecule has 1 atom stereocenters.